The number of nitrogens with zero attached hydrogens (tertiary/aromatic N) is 2. The Bertz CT molecular complexity index is 1360. The standard InChI is InChI=1S/C29H28N2O5S2/c1-3-35-26(33)10-7-17-31-28(34)25(38-29(31)37)18-20-11-13-21(14-12-20)24(32)16-15-23-19(2)36-27(30-23)22-8-5-4-6-9-22/h4-6,8-9,11-14,18H,3,7,10,15-17H2,1-2H3. The second kappa shape index (κ2) is 12.8. The molecule has 0 unspecified atom stereocenters. The molecule has 0 atom stereocenters. The van der Waals surface area contributed by atoms with Crippen molar-refractivity contribution in [1.82, 2.24) is 9.88 Å². The van der Waals surface area contributed by atoms with Gasteiger partial charge in [-0.1, -0.05) is 66.4 Å². The molecule has 1 aliphatic heterocycles. The lowest BCUT2D eigenvalue weighted by Gasteiger charge is -2.13. The van der Waals surface area contributed by atoms with Crippen molar-refractivity contribution in [1.29, 1.82) is 0 Å². The van der Waals surface area contributed by atoms with Crippen molar-refractivity contribution in [3.8, 4) is 11.5 Å². The Kier molecular flexibility index (Phi) is 9.25. The number of thiocarbonyl (C=S) groups is 1. The Morgan fingerprint density at radius 3 is 2.55 bits per heavy atom. The van der Waals surface area contributed by atoms with Crippen LogP contribution in [0.5, 0.6) is 0 Å². The van der Waals surface area contributed by atoms with Gasteiger partial charge in [-0.15, -0.1) is 0 Å². The van der Waals surface area contributed by atoms with Crippen molar-refractivity contribution in [3.63, 3.8) is 0 Å². The van der Waals surface area contributed by atoms with E-state index in [-0.39, 0.29) is 24.1 Å². The van der Waals surface area contributed by atoms with Crippen molar-refractivity contribution in [3.05, 3.63) is 82.1 Å². The maximum absolute atomic E-state index is 12.8. The van der Waals surface area contributed by atoms with E-state index in [0.29, 0.717) is 58.9 Å². The highest BCUT2D eigenvalue weighted by atomic mass is 32.2. The lowest BCUT2D eigenvalue weighted by Crippen LogP contribution is -2.29. The number of hydrogen-bond donors (Lipinski definition) is 0. The summed E-state index contributed by atoms with van der Waals surface area (Å²) < 4.78 is 11.2. The number of Topliss-reactive ketones (excluding diaryl/α,β-unsaturated/α-hetero) is 1. The molecule has 2 aromatic carbocycles. The van der Waals surface area contributed by atoms with E-state index in [9.17, 15) is 14.4 Å². The number of amides is 1. The number of aromatic nitrogens is 1. The summed E-state index contributed by atoms with van der Waals surface area (Å²) in [6, 6.07) is 16.8. The summed E-state index contributed by atoms with van der Waals surface area (Å²) in [5.41, 5.74) is 3.07. The van der Waals surface area contributed by atoms with Gasteiger partial charge in [0.2, 0.25) is 5.89 Å². The molecule has 3 aromatic rings. The molecule has 9 heteroatoms. The monoisotopic (exact) mass is 548 g/mol. The van der Waals surface area contributed by atoms with Crippen molar-refractivity contribution >= 4 is 52.0 Å². The van der Waals surface area contributed by atoms with Crippen LogP contribution in [-0.4, -0.2) is 45.0 Å². The Morgan fingerprint density at radius 1 is 1.11 bits per heavy atom. The third-order valence-corrected chi connectivity index (χ3v) is 7.35. The molecule has 1 fully saturated rings. The molecule has 1 aliphatic rings. The van der Waals surface area contributed by atoms with Crippen molar-refractivity contribution in [2.24, 2.45) is 0 Å². The van der Waals surface area contributed by atoms with Crippen LogP contribution in [-0.2, 0) is 20.7 Å². The zero-order valence-corrected chi connectivity index (χ0v) is 22.9. The van der Waals surface area contributed by atoms with Crippen LogP contribution in [0.1, 0.15) is 53.6 Å². The van der Waals surface area contributed by atoms with E-state index < -0.39 is 0 Å². The molecule has 7 nitrogen and oxygen atoms in total. The van der Waals surface area contributed by atoms with Gasteiger partial charge in [-0.3, -0.25) is 19.3 Å². The van der Waals surface area contributed by atoms with E-state index in [1.165, 1.54) is 16.7 Å². The van der Waals surface area contributed by atoms with Crippen LogP contribution in [0.4, 0.5) is 0 Å². The molecule has 1 saturated heterocycles. The lowest BCUT2D eigenvalue weighted by atomic mass is 10.0. The SMILES string of the molecule is CCOC(=O)CCCN1C(=O)C(=Cc2ccc(C(=O)CCc3nc(-c4ccccc4)oc3C)cc2)SC1=S. The topological polar surface area (TPSA) is 89.7 Å². The van der Waals surface area contributed by atoms with Crippen LogP contribution in [0.15, 0.2) is 63.9 Å². The predicted octanol–water partition coefficient (Wildman–Crippen LogP) is 6.01. The molecular weight excluding hydrogens is 520 g/mol. The molecule has 0 aliphatic carbocycles. The number of carbonyl (C=O) groups is 3. The summed E-state index contributed by atoms with van der Waals surface area (Å²) in [6.45, 7) is 4.32. The largest absolute Gasteiger partial charge is 0.466 e. The second-order valence-corrected chi connectivity index (χ2v) is 10.4. The first-order valence-electron chi connectivity index (χ1n) is 12.4. The van der Waals surface area contributed by atoms with Gasteiger partial charge in [-0.25, -0.2) is 4.98 Å². The smallest absolute Gasteiger partial charge is 0.305 e. The summed E-state index contributed by atoms with van der Waals surface area (Å²) in [7, 11) is 0. The summed E-state index contributed by atoms with van der Waals surface area (Å²) in [5, 5.41) is 0. The third-order valence-electron chi connectivity index (χ3n) is 5.97. The highest BCUT2D eigenvalue weighted by Gasteiger charge is 2.31. The molecule has 0 N–H and O–H groups in total. The van der Waals surface area contributed by atoms with E-state index in [1.807, 2.05) is 49.4 Å². The van der Waals surface area contributed by atoms with Gasteiger partial charge >= 0.3 is 5.97 Å². The highest BCUT2D eigenvalue weighted by Crippen LogP contribution is 2.33. The molecule has 196 valence electrons. The molecule has 0 bridgehead atoms. The fraction of sp³-hybridized carbons (Fsp3) is 0.276. The van der Waals surface area contributed by atoms with Gasteiger partial charge in [0, 0.05) is 36.9 Å². The van der Waals surface area contributed by atoms with E-state index >= 15 is 0 Å². The molecule has 1 amide bonds. The Hall–Kier alpha value is -3.56. The number of ether oxygens (including phenoxy) is 1. The second-order valence-electron chi connectivity index (χ2n) is 8.68. The van der Waals surface area contributed by atoms with E-state index in [1.54, 1.807) is 25.1 Å². The number of esters is 1. The summed E-state index contributed by atoms with van der Waals surface area (Å²) >= 11 is 6.59. The number of ketones is 1. The van der Waals surface area contributed by atoms with Gasteiger partial charge in [0.25, 0.3) is 5.91 Å². The molecule has 0 saturated carbocycles. The Balaban J connectivity index is 1.32. The highest BCUT2D eigenvalue weighted by molar-refractivity contribution is 8.26. The number of oxazole rings is 1. The molecule has 1 aromatic heterocycles. The maximum atomic E-state index is 12.8. The maximum Gasteiger partial charge on any atom is 0.305 e. The van der Waals surface area contributed by atoms with E-state index in [0.717, 1.165) is 16.8 Å². The van der Waals surface area contributed by atoms with Crippen LogP contribution >= 0.6 is 24.0 Å². The van der Waals surface area contributed by atoms with E-state index in [4.69, 9.17) is 21.4 Å². The summed E-state index contributed by atoms with van der Waals surface area (Å²) in [4.78, 5) is 43.7. The molecule has 38 heavy (non-hydrogen) atoms. The van der Waals surface area contributed by atoms with Gasteiger partial charge in [0.1, 0.15) is 10.1 Å². The van der Waals surface area contributed by atoms with Crippen molar-refractivity contribution in [2.75, 3.05) is 13.2 Å². The van der Waals surface area contributed by atoms with Crippen molar-refractivity contribution < 1.29 is 23.5 Å². The van der Waals surface area contributed by atoms with Gasteiger partial charge < -0.3 is 9.15 Å². The number of carbonyl (C=O) groups excluding carboxylic acids is 3. The average molecular weight is 549 g/mol. The Morgan fingerprint density at radius 2 is 1.84 bits per heavy atom. The van der Waals surface area contributed by atoms with Gasteiger partial charge in [-0.05, 0) is 44.0 Å². The number of benzene rings is 2. The number of rotatable bonds is 11. The first kappa shape index (κ1) is 27.5. The molecule has 4 rings (SSSR count). The van der Waals surface area contributed by atoms with Crippen molar-refractivity contribution in [2.45, 2.75) is 39.5 Å². The number of aryl methyl sites for hydroxylation is 2. The number of hydrogen-bond acceptors (Lipinski definition) is 8. The van der Waals surface area contributed by atoms with Gasteiger partial charge in [0.15, 0.2) is 5.78 Å². The quantitative estimate of drug-likeness (QED) is 0.125. The minimum atomic E-state index is -0.281. The third kappa shape index (κ3) is 6.85. The zero-order chi connectivity index (χ0) is 27.1. The average Bonchev–Trinajstić information content (AvgIpc) is 3.42. The predicted molar refractivity (Wildman–Crippen MR) is 152 cm³/mol. The van der Waals surface area contributed by atoms with E-state index in [2.05, 4.69) is 4.98 Å². The first-order chi connectivity index (χ1) is 18.4. The number of thioether (sulfide) groups is 1. The van der Waals surface area contributed by atoms with Gasteiger partial charge in [0.05, 0.1) is 17.2 Å². The summed E-state index contributed by atoms with van der Waals surface area (Å²) in [6.07, 6.45) is 3.29. The minimum absolute atomic E-state index is 0.00753. The van der Waals surface area contributed by atoms with Crippen LogP contribution in [0.25, 0.3) is 17.5 Å². The fourth-order valence-corrected chi connectivity index (χ4v) is 5.27. The van der Waals surface area contributed by atoms with Gasteiger partial charge in [-0.2, -0.15) is 0 Å². The summed E-state index contributed by atoms with van der Waals surface area (Å²) in [5.74, 6) is 0.815. The zero-order valence-electron chi connectivity index (χ0n) is 21.3. The minimum Gasteiger partial charge on any atom is -0.466 e. The fourth-order valence-electron chi connectivity index (χ4n) is 3.96. The first-order valence-corrected chi connectivity index (χ1v) is 13.6. The lowest BCUT2D eigenvalue weighted by molar-refractivity contribution is -0.143. The Labute approximate surface area is 231 Å². The normalized spacial score (nSPS) is 14.4. The van der Waals surface area contributed by atoms with Crippen LogP contribution in [0.3, 0.4) is 0 Å². The molecule has 2 heterocycles. The molecule has 0 radical (unpaired) electrons. The van der Waals surface area contributed by atoms with Crippen LogP contribution in [0.2, 0.25) is 0 Å². The molecular formula is C29H28N2O5S2. The molecule has 0 spiro atoms. The van der Waals surface area contributed by atoms with Crippen LogP contribution < -0.4 is 0 Å². The van der Waals surface area contributed by atoms with Crippen LogP contribution in [0, 0.1) is 6.92 Å².